The van der Waals surface area contributed by atoms with E-state index in [2.05, 4.69) is 19.1 Å². The van der Waals surface area contributed by atoms with Crippen molar-refractivity contribution in [1.29, 1.82) is 5.26 Å². The van der Waals surface area contributed by atoms with Crippen LogP contribution in [0.2, 0.25) is 0 Å². The van der Waals surface area contributed by atoms with Crippen LogP contribution in [0.1, 0.15) is 36.8 Å². The second-order valence-electron chi connectivity index (χ2n) is 5.01. The highest BCUT2D eigenvalue weighted by Crippen LogP contribution is 2.29. The van der Waals surface area contributed by atoms with Gasteiger partial charge < -0.3 is 0 Å². The SMILES string of the molecule is Cc1ccccc1CS(=O)C1CCCCC1C#N. The predicted octanol–water partition coefficient (Wildman–Crippen LogP) is 3.33. The monoisotopic (exact) mass is 261 g/mol. The lowest BCUT2D eigenvalue weighted by atomic mass is 9.90. The van der Waals surface area contributed by atoms with Crippen LogP contribution in [0.5, 0.6) is 0 Å². The van der Waals surface area contributed by atoms with E-state index in [1.54, 1.807) is 0 Å². The third kappa shape index (κ3) is 3.00. The molecule has 1 aromatic carbocycles. The molecular formula is C15H19NOS. The smallest absolute Gasteiger partial charge is 0.0668 e. The minimum atomic E-state index is -0.920. The maximum absolute atomic E-state index is 12.4. The molecule has 0 heterocycles. The molecular weight excluding hydrogens is 242 g/mol. The average molecular weight is 261 g/mol. The molecule has 3 unspecified atom stereocenters. The summed E-state index contributed by atoms with van der Waals surface area (Å²) in [6.45, 7) is 2.05. The summed E-state index contributed by atoms with van der Waals surface area (Å²) < 4.78 is 12.4. The van der Waals surface area contributed by atoms with E-state index in [1.807, 2.05) is 18.2 Å². The minimum Gasteiger partial charge on any atom is -0.259 e. The first-order valence-electron chi connectivity index (χ1n) is 6.53. The van der Waals surface area contributed by atoms with E-state index in [-0.39, 0.29) is 11.2 Å². The van der Waals surface area contributed by atoms with Gasteiger partial charge >= 0.3 is 0 Å². The molecule has 0 bridgehead atoms. The van der Waals surface area contributed by atoms with Crippen molar-refractivity contribution >= 4 is 10.8 Å². The molecule has 18 heavy (non-hydrogen) atoms. The van der Waals surface area contributed by atoms with E-state index in [4.69, 9.17) is 5.26 Å². The van der Waals surface area contributed by atoms with Gasteiger partial charge in [0.05, 0.1) is 17.2 Å². The number of hydrogen-bond acceptors (Lipinski definition) is 2. The van der Waals surface area contributed by atoms with Gasteiger partial charge in [0.15, 0.2) is 0 Å². The van der Waals surface area contributed by atoms with E-state index in [0.29, 0.717) is 5.75 Å². The Morgan fingerprint density at radius 2 is 2.06 bits per heavy atom. The van der Waals surface area contributed by atoms with E-state index in [1.165, 1.54) is 5.56 Å². The quantitative estimate of drug-likeness (QED) is 0.837. The summed E-state index contributed by atoms with van der Waals surface area (Å²) in [5.74, 6) is 0.582. The minimum absolute atomic E-state index is 0.0106. The van der Waals surface area contributed by atoms with Gasteiger partial charge in [-0.3, -0.25) is 4.21 Å². The average Bonchev–Trinajstić information content (AvgIpc) is 2.41. The molecule has 0 amide bonds. The zero-order chi connectivity index (χ0) is 13.0. The highest BCUT2D eigenvalue weighted by Gasteiger charge is 2.29. The first kappa shape index (κ1) is 13.3. The van der Waals surface area contributed by atoms with Crippen molar-refractivity contribution in [2.24, 2.45) is 5.92 Å². The van der Waals surface area contributed by atoms with Crippen molar-refractivity contribution in [2.45, 2.75) is 43.6 Å². The van der Waals surface area contributed by atoms with Crippen LogP contribution in [0.4, 0.5) is 0 Å². The fraction of sp³-hybridized carbons (Fsp3) is 0.533. The first-order valence-corrected chi connectivity index (χ1v) is 7.92. The number of nitrogens with zero attached hydrogens (tertiary/aromatic N) is 1. The summed E-state index contributed by atoms with van der Waals surface area (Å²) in [7, 11) is -0.920. The molecule has 2 nitrogen and oxygen atoms in total. The Morgan fingerprint density at radius 3 is 2.78 bits per heavy atom. The van der Waals surface area contributed by atoms with Crippen LogP contribution in [-0.4, -0.2) is 9.46 Å². The molecule has 0 aromatic heterocycles. The molecule has 3 atom stereocenters. The van der Waals surface area contributed by atoms with Crippen LogP contribution in [0, 0.1) is 24.2 Å². The summed E-state index contributed by atoms with van der Waals surface area (Å²) in [5.41, 5.74) is 2.34. The summed E-state index contributed by atoms with van der Waals surface area (Å²) in [6.07, 6.45) is 4.08. The van der Waals surface area contributed by atoms with Crippen molar-refractivity contribution in [3.05, 3.63) is 35.4 Å². The lowest BCUT2D eigenvalue weighted by Crippen LogP contribution is -2.29. The standard InChI is InChI=1S/C15H19NOS/c1-12-6-2-3-8-14(12)11-18(17)15-9-5-4-7-13(15)10-16/h2-3,6,8,13,15H,4-5,7,9,11H2,1H3. The second-order valence-corrected chi connectivity index (χ2v) is 6.67. The van der Waals surface area contributed by atoms with Gasteiger partial charge in [0.2, 0.25) is 0 Å². The zero-order valence-electron chi connectivity index (χ0n) is 10.8. The number of rotatable bonds is 3. The van der Waals surface area contributed by atoms with Crippen LogP contribution in [0.25, 0.3) is 0 Å². The molecule has 1 fully saturated rings. The Kier molecular flexibility index (Phi) is 4.54. The van der Waals surface area contributed by atoms with Gasteiger partial charge in [-0.25, -0.2) is 0 Å². The normalized spacial score (nSPS) is 25.3. The van der Waals surface area contributed by atoms with Gasteiger partial charge in [-0.2, -0.15) is 5.26 Å². The van der Waals surface area contributed by atoms with E-state index in [9.17, 15) is 4.21 Å². The second kappa shape index (κ2) is 6.15. The van der Waals surface area contributed by atoms with Crippen molar-refractivity contribution < 1.29 is 4.21 Å². The fourth-order valence-electron chi connectivity index (χ4n) is 2.59. The summed E-state index contributed by atoms with van der Waals surface area (Å²) in [4.78, 5) is 0. The summed E-state index contributed by atoms with van der Waals surface area (Å²) in [6, 6.07) is 10.4. The number of hydrogen-bond donors (Lipinski definition) is 0. The fourth-order valence-corrected chi connectivity index (χ4v) is 4.43. The van der Waals surface area contributed by atoms with Gasteiger partial charge in [-0.05, 0) is 30.9 Å². The molecule has 0 saturated heterocycles. The Morgan fingerprint density at radius 1 is 1.33 bits per heavy atom. The topological polar surface area (TPSA) is 40.9 Å². The molecule has 1 aromatic rings. The van der Waals surface area contributed by atoms with Crippen molar-refractivity contribution in [3.8, 4) is 6.07 Å². The van der Waals surface area contributed by atoms with Crippen LogP contribution >= 0.6 is 0 Å². The zero-order valence-corrected chi connectivity index (χ0v) is 11.6. The van der Waals surface area contributed by atoms with Gasteiger partial charge in [-0.1, -0.05) is 37.1 Å². The van der Waals surface area contributed by atoms with Crippen molar-refractivity contribution in [1.82, 2.24) is 0 Å². The van der Waals surface area contributed by atoms with Crippen LogP contribution in [-0.2, 0) is 16.6 Å². The van der Waals surface area contributed by atoms with Crippen LogP contribution in [0.15, 0.2) is 24.3 Å². The molecule has 0 N–H and O–H groups in total. The Bertz CT molecular complexity index is 478. The molecule has 1 saturated carbocycles. The molecule has 96 valence electrons. The molecule has 1 aliphatic carbocycles. The number of aryl methyl sites for hydroxylation is 1. The number of benzene rings is 1. The van der Waals surface area contributed by atoms with Gasteiger partial charge in [0.25, 0.3) is 0 Å². The Balaban J connectivity index is 2.08. The summed E-state index contributed by atoms with van der Waals surface area (Å²) >= 11 is 0. The maximum atomic E-state index is 12.4. The molecule has 0 spiro atoms. The van der Waals surface area contributed by atoms with Gasteiger partial charge in [0.1, 0.15) is 0 Å². The van der Waals surface area contributed by atoms with Crippen LogP contribution in [0.3, 0.4) is 0 Å². The maximum Gasteiger partial charge on any atom is 0.0668 e. The van der Waals surface area contributed by atoms with Gasteiger partial charge in [-0.15, -0.1) is 0 Å². The highest BCUT2D eigenvalue weighted by atomic mass is 32.2. The van der Waals surface area contributed by atoms with E-state index in [0.717, 1.165) is 31.2 Å². The van der Waals surface area contributed by atoms with E-state index >= 15 is 0 Å². The lowest BCUT2D eigenvalue weighted by molar-refractivity contribution is 0.431. The lowest BCUT2D eigenvalue weighted by Gasteiger charge is -2.26. The molecule has 1 aliphatic rings. The van der Waals surface area contributed by atoms with Crippen molar-refractivity contribution in [2.75, 3.05) is 0 Å². The number of nitriles is 1. The summed E-state index contributed by atoms with van der Waals surface area (Å²) in [5, 5.41) is 9.22. The first-order chi connectivity index (χ1) is 8.72. The molecule has 0 radical (unpaired) electrons. The van der Waals surface area contributed by atoms with Gasteiger partial charge in [0, 0.05) is 16.6 Å². The molecule has 0 aliphatic heterocycles. The molecule has 3 heteroatoms. The predicted molar refractivity (Wildman–Crippen MR) is 74.4 cm³/mol. The Hall–Kier alpha value is -1.14. The van der Waals surface area contributed by atoms with Crippen LogP contribution < -0.4 is 0 Å². The third-order valence-corrected chi connectivity index (χ3v) is 5.60. The van der Waals surface area contributed by atoms with Crippen molar-refractivity contribution in [3.63, 3.8) is 0 Å². The Labute approximate surface area is 111 Å². The highest BCUT2D eigenvalue weighted by molar-refractivity contribution is 7.84. The molecule has 2 rings (SSSR count). The largest absolute Gasteiger partial charge is 0.259 e. The third-order valence-electron chi connectivity index (χ3n) is 3.77. The van der Waals surface area contributed by atoms with E-state index < -0.39 is 10.8 Å².